The van der Waals surface area contributed by atoms with Crippen molar-refractivity contribution < 1.29 is 4.79 Å². The maximum absolute atomic E-state index is 11.8. The van der Waals surface area contributed by atoms with Gasteiger partial charge in [0.15, 0.2) is 0 Å². The minimum atomic E-state index is -0.140. The van der Waals surface area contributed by atoms with Crippen LogP contribution < -0.4 is 5.32 Å². The summed E-state index contributed by atoms with van der Waals surface area (Å²) in [7, 11) is 0. The van der Waals surface area contributed by atoms with Gasteiger partial charge in [-0.3, -0.25) is 9.69 Å². The maximum Gasteiger partial charge on any atom is 0.237 e. The molecule has 0 aliphatic carbocycles. The van der Waals surface area contributed by atoms with Gasteiger partial charge in [0.1, 0.15) is 0 Å². The highest BCUT2D eigenvalue weighted by molar-refractivity contribution is 5.81. The zero-order chi connectivity index (χ0) is 11.4. The van der Waals surface area contributed by atoms with Crippen LogP contribution in [0.1, 0.15) is 41.5 Å². The maximum atomic E-state index is 11.8. The van der Waals surface area contributed by atoms with Crippen molar-refractivity contribution in [2.45, 2.75) is 53.1 Å². The van der Waals surface area contributed by atoms with Crippen molar-refractivity contribution in [3.05, 3.63) is 0 Å². The van der Waals surface area contributed by atoms with Gasteiger partial charge in [0.2, 0.25) is 5.91 Å². The number of nitrogens with one attached hydrogen (secondary N) is 1. The standard InChI is InChI=1S/C11H24N2O/c1-7-13(8-2)9(3)10(14)12-11(4,5)6/h9H,7-8H2,1-6H3,(H,12,14)/t9-/m0/s1. The average molecular weight is 200 g/mol. The first-order valence-electron chi connectivity index (χ1n) is 5.38. The van der Waals surface area contributed by atoms with E-state index in [2.05, 4.69) is 24.1 Å². The highest BCUT2D eigenvalue weighted by Gasteiger charge is 2.22. The SMILES string of the molecule is CCN(CC)[C@@H](C)C(=O)NC(C)(C)C. The lowest BCUT2D eigenvalue weighted by atomic mass is 10.1. The third kappa shape index (κ3) is 4.61. The molecule has 0 spiro atoms. The number of hydrogen-bond donors (Lipinski definition) is 1. The Labute approximate surface area is 87.9 Å². The number of hydrogen-bond acceptors (Lipinski definition) is 2. The Morgan fingerprint density at radius 1 is 1.29 bits per heavy atom. The molecule has 14 heavy (non-hydrogen) atoms. The van der Waals surface area contributed by atoms with Gasteiger partial charge in [-0.15, -0.1) is 0 Å². The lowest BCUT2D eigenvalue weighted by molar-refractivity contribution is -0.127. The van der Waals surface area contributed by atoms with E-state index in [4.69, 9.17) is 0 Å². The molecular weight excluding hydrogens is 176 g/mol. The fourth-order valence-corrected chi connectivity index (χ4v) is 1.41. The van der Waals surface area contributed by atoms with Gasteiger partial charge in [-0.25, -0.2) is 0 Å². The van der Waals surface area contributed by atoms with Crippen LogP contribution >= 0.6 is 0 Å². The van der Waals surface area contributed by atoms with Gasteiger partial charge in [-0.05, 0) is 40.8 Å². The van der Waals surface area contributed by atoms with E-state index >= 15 is 0 Å². The summed E-state index contributed by atoms with van der Waals surface area (Å²) in [5, 5.41) is 2.99. The largest absolute Gasteiger partial charge is 0.350 e. The average Bonchev–Trinajstić information content (AvgIpc) is 2.03. The third-order valence-electron chi connectivity index (χ3n) is 2.24. The molecule has 0 bridgehead atoms. The van der Waals surface area contributed by atoms with Crippen molar-refractivity contribution in [1.29, 1.82) is 0 Å². The predicted molar refractivity (Wildman–Crippen MR) is 60.3 cm³/mol. The summed E-state index contributed by atoms with van der Waals surface area (Å²) in [5.41, 5.74) is -0.140. The van der Waals surface area contributed by atoms with E-state index in [1.807, 2.05) is 27.7 Å². The molecule has 1 N–H and O–H groups in total. The van der Waals surface area contributed by atoms with Crippen LogP contribution in [0.15, 0.2) is 0 Å². The second kappa shape index (κ2) is 5.35. The van der Waals surface area contributed by atoms with E-state index in [0.29, 0.717) is 0 Å². The number of likely N-dealkylation sites (N-methyl/N-ethyl adjacent to an activating group) is 1. The summed E-state index contributed by atoms with van der Waals surface area (Å²) in [6.45, 7) is 13.9. The summed E-state index contributed by atoms with van der Waals surface area (Å²) < 4.78 is 0. The normalized spacial score (nSPS) is 14.2. The van der Waals surface area contributed by atoms with Crippen molar-refractivity contribution in [1.82, 2.24) is 10.2 Å². The van der Waals surface area contributed by atoms with Crippen LogP contribution in [0.4, 0.5) is 0 Å². The van der Waals surface area contributed by atoms with Crippen LogP contribution in [0.5, 0.6) is 0 Å². The van der Waals surface area contributed by atoms with Gasteiger partial charge in [-0.1, -0.05) is 13.8 Å². The molecule has 0 aromatic rings. The summed E-state index contributed by atoms with van der Waals surface area (Å²) >= 11 is 0. The Hall–Kier alpha value is -0.570. The van der Waals surface area contributed by atoms with Crippen molar-refractivity contribution in [2.75, 3.05) is 13.1 Å². The topological polar surface area (TPSA) is 32.3 Å². The molecule has 0 unspecified atom stereocenters. The lowest BCUT2D eigenvalue weighted by Gasteiger charge is -2.29. The molecule has 0 heterocycles. The molecular formula is C11H24N2O. The van der Waals surface area contributed by atoms with Crippen molar-refractivity contribution in [3.63, 3.8) is 0 Å². The molecule has 0 saturated carbocycles. The van der Waals surface area contributed by atoms with E-state index in [9.17, 15) is 4.79 Å². The molecule has 0 aliphatic rings. The van der Waals surface area contributed by atoms with Crippen LogP contribution in [0, 0.1) is 0 Å². The number of nitrogens with zero attached hydrogens (tertiary/aromatic N) is 1. The first kappa shape index (κ1) is 13.4. The molecule has 3 heteroatoms. The number of carbonyl (C=O) groups excluding carboxylic acids is 1. The summed E-state index contributed by atoms with van der Waals surface area (Å²) in [4.78, 5) is 13.9. The summed E-state index contributed by atoms with van der Waals surface area (Å²) in [6.07, 6.45) is 0. The smallest absolute Gasteiger partial charge is 0.237 e. The van der Waals surface area contributed by atoms with Gasteiger partial charge in [0.25, 0.3) is 0 Å². The van der Waals surface area contributed by atoms with E-state index < -0.39 is 0 Å². The van der Waals surface area contributed by atoms with Gasteiger partial charge in [0.05, 0.1) is 6.04 Å². The summed E-state index contributed by atoms with van der Waals surface area (Å²) in [6, 6.07) is -0.0378. The van der Waals surface area contributed by atoms with Gasteiger partial charge >= 0.3 is 0 Å². The highest BCUT2D eigenvalue weighted by Crippen LogP contribution is 2.03. The molecule has 1 amide bonds. The molecule has 0 rings (SSSR count). The van der Waals surface area contributed by atoms with Crippen LogP contribution in [-0.2, 0) is 4.79 Å². The second-order valence-corrected chi connectivity index (χ2v) is 4.64. The Kier molecular flexibility index (Phi) is 5.13. The number of rotatable bonds is 4. The molecule has 0 fully saturated rings. The van der Waals surface area contributed by atoms with Crippen LogP contribution in [0.25, 0.3) is 0 Å². The molecule has 3 nitrogen and oxygen atoms in total. The molecule has 0 radical (unpaired) electrons. The fraction of sp³-hybridized carbons (Fsp3) is 0.909. The monoisotopic (exact) mass is 200 g/mol. The first-order chi connectivity index (χ1) is 6.31. The van der Waals surface area contributed by atoms with Gasteiger partial charge in [-0.2, -0.15) is 0 Å². The van der Waals surface area contributed by atoms with Crippen molar-refractivity contribution in [3.8, 4) is 0 Å². The molecule has 0 aliphatic heterocycles. The predicted octanol–water partition coefficient (Wildman–Crippen LogP) is 1.63. The Balaban J connectivity index is 4.24. The van der Waals surface area contributed by atoms with Crippen LogP contribution in [0.3, 0.4) is 0 Å². The van der Waals surface area contributed by atoms with Crippen molar-refractivity contribution in [2.24, 2.45) is 0 Å². The first-order valence-corrected chi connectivity index (χ1v) is 5.38. The van der Waals surface area contributed by atoms with Crippen LogP contribution in [0.2, 0.25) is 0 Å². The fourth-order valence-electron chi connectivity index (χ4n) is 1.41. The Bertz CT molecular complexity index is 180. The number of amides is 1. The second-order valence-electron chi connectivity index (χ2n) is 4.64. The van der Waals surface area contributed by atoms with E-state index in [-0.39, 0.29) is 17.5 Å². The highest BCUT2D eigenvalue weighted by atomic mass is 16.2. The van der Waals surface area contributed by atoms with Crippen molar-refractivity contribution >= 4 is 5.91 Å². The Morgan fingerprint density at radius 2 is 1.71 bits per heavy atom. The zero-order valence-corrected chi connectivity index (χ0v) is 10.3. The molecule has 0 aromatic carbocycles. The van der Waals surface area contributed by atoms with E-state index in [0.717, 1.165) is 13.1 Å². The molecule has 0 aromatic heterocycles. The van der Waals surface area contributed by atoms with E-state index in [1.54, 1.807) is 0 Å². The van der Waals surface area contributed by atoms with E-state index in [1.165, 1.54) is 0 Å². The molecule has 84 valence electrons. The molecule has 0 saturated heterocycles. The Morgan fingerprint density at radius 3 is 2.00 bits per heavy atom. The zero-order valence-electron chi connectivity index (χ0n) is 10.3. The third-order valence-corrected chi connectivity index (χ3v) is 2.24. The number of carbonyl (C=O) groups is 1. The van der Waals surface area contributed by atoms with Crippen LogP contribution in [-0.4, -0.2) is 35.5 Å². The summed E-state index contributed by atoms with van der Waals surface area (Å²) in [5.74, 6) is 0.112. The molecule has 1 atom stereocenters. The van der Waals surface area contributed by atoms with Gasteiger partial charge in [0, 0.05) is 5.54 Å². The quantitative estimate of drug-likeness (QED) is 0.748. The lowest BCUT2D eigenvalue weighted by Crippen LogP contribution is -2.50. The minimum Gasteiger partial charge on any atom is -0.350 e. The minimum absolute atomic E-state index is 0.0378. The van der Waals surface area contributed by atoms with Gasteiger partial charge < -0.3 is 5.32 Å².